The summed E-state index contributed by atoms with van der Waals surface area (Å²) in [6.45, 7) is 0. The van der Waals surface area contributed by atoms with E-state index in [-0.39, 0.29) is 20.1 Å². The molecule has 3 aromatic heterocycles. The third-order valence-corrected chi connectivity index (χ3v) is 11.5. The first kappa shape index (κ1) is 29.8. The van der Waals surface area contributed by atoms with Crippen LogP contribution in [0.5, 0.6) is 0 Å². The van der Waals surface area contributed by atoms with E-state index in [1.807, 2.05) is 54.6 Å². The second kappa shape index (κ2) is 12.5. The molecule has 3 aromatic carbocycles. The number of furan rings is 1. The standard InChI is InChI=1S/C31H30NO.C11H8N.Ir/c1-3-11-21-19(9-1)29-20-10-2-4-12-22(20)30(21)26-17-32-27(16-25(26)29)24-14-7-13-23-18-8-5-6-15-28(18)33-31(23)24;1-2-6-10(7-3-1)11-8-4-5-9-12-11;/h5-8,13,15-17,19-22,29-30H,1-4,9-12H2;1-6,8-9H;/q2*-1;. The second-order valence-corrected chi connectivity index (χ2v) is 13.7. The summed E-state index contributed by atoms with van der Waals surface area (Å²) < 4.78 is 6.34. The number of para-hydroxylation sites is 1. The van der Waals surface area contributed by atoms with Crippen molar-refractivity contribution in [3.05, 3.63) is 121 Å². The number of aromatic nitrogens is 2. The van der Waals surface area contributed by atoms with Crippen LogP contribution in [0.1, 0.15) is 74.3 Å². The van der Waals surface area contributed by atoms with Crippen molar-refractivity contribution >= 4 is 21.9 Å². The van der Waals surface area contributed by atoms with Crippen LogP contribution in [-0.4, -0.2) is 9.97 Å². The first-order valence-corrected chi connectivity index (χ1v) is 17.1. The molecule has 233 valence electrons. The molecule has 3 saturated carbocycles. The van der Waals surface area contributed by atoms with Gasteiger partial charge >= 0.3 is 0 Å². The minimum Gasteiger partial charge on any atom is -0.501 e. The van der Waals surface area contributed by atoms with Gasteiger partial charge in [0.2, 0.25) is 0 Å². The van der Waals surface area contributed by atoms with Crippen molar-refractivity contribution in [1.82, 2.24) is 9.97 Å². The van der Waals surface area contributed by atoms with Crippen LogP contribution >= 0.6 is 0 Å². The van der Waals surface area contributed by atoms with E-state index >= 15 is 0 Å². The summed E-state index contributed by atoms with van der Waals surface area (Å²) in [5, 5.41) is 2.34. The zero-order valence-electron chi connectivity index (χ0n) is 26.0. The molecule has 4 heteroatoms. The van der Waals surface area contributed by atoms with Crippen molar-refractivity contribution in [3.8, 4) is 22.5 Å². The zero-order chi connectivity index (χ0) is 29.7. The van der Waals surface area contributed by atoms with Gasteiger partial charge in [0.15, 0.2) is 0 Å². The van der Waals surface area contributed by atoms with E-state index in [0.717, 1.165) is 69.2 Å². The van der Waals surface area contributed by atoms with E-state index in [0.29, 0.717) is 0 Å². The Morgan fingerprint density at radius 1 is 0.609 bits per heavy atom. The molecule has 46 heavy (non-hydrogen) atoms. The Labute approximate surface area is 285 Å². The largest absolute Gasteiger partial charge is 0.501 e. The minimum absolute atomic E-state index is 0. The van der Waals surface area contributed by atoms with Gasteiger partial charge in [-0.15, -0.1) is 54.1 Å². The van der Waals surface area contributed by atoms with Crippen molar-refractivity contribution in [2.75, 3.05) is 0 Å². The Morgan fingerprint density at radius 3 is 2.00 bits per heavy atom. The molecule has 0 spiro atoms. The van der Waals surface area contributed by atoms with Crippen LogP contribution in [0.15, 0.2) is 102 Å². The van der Waals surface area contributed by atoms with Crippen LogP contribution in [0.25, 0.3) is 44.5 Å². The number of benzene rings is 3. The quantitative estimate of drug-likeness (QED) is 0.164. The van der Waals surface area contributed by atoms with Gasteiger partial charge in [0, 0.05) is 37.9 Å². The van der Waals surface area contributed by atoms with E-state index in [1.165, 1.54) is 62.1 Å². The fraction of sp³-hybridized carbons (Fsp3) is 0.333. The van der Waals surface area contributed by atoms with Crippen LogP contribution in [0, 0.1) is 35.8 Å². The van der Waals surface area contributed by atoms with Crippen molar-refractivity contribution < 1.29 is 24.5 Å². The molecule has 3 heterocycles. The van der Waals surface area contributed by atoms with E-state index in [9.17, 15) is 0 Å². The Morgan fingerprint density at radius 2 is 1.30 bits per heavy atom. The molecule has 5 aliphatic rings. The summed E-state index contributed by atoms with van der Waals surface area (Å²) in [4.78, 5) is 9.30. The van der Waals surface area contributed by atoms with Crippen LogP contribution in [0.3, 0.4) is 0 Å². The molecule has 11 rings (SSSR count). The first-order valence-electron chi connectivity index (χ1n) is 17.1. The summed E-state index contributed by atoms with van der Waals surface area (Å²) in [6, 6.07) is 35.3. The number of pyridine rings is 2. The van der Waals surface area contributed by atoms with Crippen LogP contribution in [0.4, 0.5) is 0 Å². The van der Waals surface area contributed by atoms with Gasteiger partial charge in [-0.2, -0.15) is 0 Å². The van der Waals surface area contributed by atoms with E-state index in [4.69, 9.17) is 9.40 Å². The van der Waals surface area contributed by atoms with E-state index in [1.54, 1.807) is 17.3 Å². The maximum absolute atomic E-state index is 6.34. The molecular weight excluding hydrogens is 741 g/mol. The molecule has 4 unspecified atom stereocenters. The number of fused-ring (bicyclic) bond motifs is 3. The maximum atomic E-state index is 6.34. The molecule has 0 amide bonds. The van der Waals surface area contributed by atoms with Crippen LogP contribution < -0.4 is 0 Å². The van der Waals surface area contributed by atoms with Crippen molar-refractivity contribution in [1.29, 1.82) is 0 Å². The fourth-order valence-corrected chi connectivity index (χ4v) is 9.86. The second-order valence-electron chi connectivity index (χ2n) is 13.7. The monoisotopic (exact) mass is 779 g/mol. The molecule has 0 saturated heterocycles. The predicted molar refractivity (Wildman–Crippen MR) is 181 cm³/mol. The third-order valence-electron chi connectivity index (χ3n) is 11.5. The van der Waals surface area contributed by atoms with Crippen LogP contribution in [0.2, 0.25) is 0 Å². The van der Waals surface area contributed by atoms with Gasteiger partial charge in [0.05, 0.1) is 5.58 Å². The normalized spacial score (nSPS) is 25.8. The average molecular weight is 779 g/mol. The summed E-state index contributed by atoms with van der Waals surface area (Å²) in [7, 11) is 0. The molecule has 0 aliphatic heterocycles. The Bertz CT molecular complexity index is 1910. The number of rotatable bonds is 2. The van der Waals surface area contributed by atoms with Crippen molar-refractivity contribution in [3.63, 3.8) is 0 Å². The number of nitrogens with zero attached hydrogens (tertiary/aromatic N) is 2. The van der Waals surface area contributed by atoms with Gasteiger partial charge in [-0.25, -0.2) is 0 Å². The first-order chi connectivity index (χ1) is 22.3. The van der Waals surface area contributed by atoms with Gasteiger partial charge in [-0.05, 0) is 95.8 Å². The Kier molecular flexibility index (Phi) is 8.13. The van der Waals surface area contributed by atoms with Gasteiger partial charge < -0.3 is 14.4 Å². The zero-order valence-corrected chi connectivity index (χ0v) is 28.4. The molecule has 2 bridgehead atoms. The molecule has 3 nitrogen and oxygen atoms in total. The molecule has 3 fully saturated rings. The minimum atomic E-state index is 0. The van der Waals surface area contributed by atoms with Gasteiger partial charge in [-0.1, -0.05) is 73.0 Å². The topological polar surface area (TPSA) is 38.9 Å². The van der Waals surface area contributed by atoms with Gasteiger partial charge in [-0.3, -0.25) is 0 Å². The molecule has 4 atom stereocenters. The molecule has 5 aliphatic carbocycles. The van der Waals surface area contributed by atoms with Gasteiger partial charge in [0.25, 0.3) is 0 Å². The summed E-state index contributed by atoms with van der Waals surface area (Å²) in [5.41, 5.74) is 9.19. The SMILES string of the molecule is [Ir].[c-]1ccc2c(oc3ccccc32)c1-c1cc2c(cn1)C1C3CCCCC3C2C2CCCCC21.[c-]1ccccc1-c1ccccn1. The molecule has 6 aromatic rings. The average Bonchev–Trinajstić information content (AvgIpc) is 3.51. The maximum Gasteiger partial charge on any atom is 0.120 e. The molecule has 1 radical (unpaired) electrons. The van der Waals surface area contributed by atoms with Crippen LogP contribution in [-0.2, 0) is 20.1 Å². The van der Waals surface area contributed by atoms with Crippen molar-refractivity contribution in [2.45, 2.75) is 63.2 Å². The number of hydrogen-bond acceptors (Lipinski definition) is 3. The predicted octanol–water partition coefficient (Wildman–Crippen LogP) is 10.8. The molecule has 0 N–H and O–H groups in total. The summed E-state index contributed by atoms with van der Waals surface area (Å²) >= 11 is 0. The smallest absolute Gasteiger partial charge is 0.120 e. The van der Waals surface area contributed by atoms with Crippen molar-refractivity contribution in [2.24, 2.45) is 23.7 Å². The van der Waals surface area contributed by atoms with E-state index < -0.39 is 0 Å². The Hall–Kier alpha value is -3.59. The van der Waals surface area contributed by atoms with E-state index in [2.05, 4.69) is 53.6 Å². The molecular formula is C42H38IrN2O-2. The van der Waals surface area contributed by atoms with Gasteiger partial charge in [0.1, 0.15) is 5.58 Å². The summed E-state index contributed by atoms with van der Waals surface area (Å²) in [5.74, 6) is 5.13. The third kappa shape index (κ3) is 4.97. The summed E-state index contributed by atoms with van der Waals surface area (Å²) in [6.07, 6.45) is 15.6. The Balaban J connectivity index is 0.000000204. The fourth-order valence-electron chi connectivity index (χ4n) is 9.86. The number of hydrogen-bond donors (Lipinski definition) is 0.